The van der Waals surface area contributed by atoms with Gasteiger partial charge in [0.15, 0.2) is 0 Å². The molecule has 0 aromatic heterocycles. The number of carbonyl (C=O) groups is 2. The zero-order valence-electron chi connectivity index (χ0n) is 12.2. The van der Waals surface area contributed by atoms with E-state index in [1.807, 2.05) is 0 Å². The fourth-order valence-corrected chi connectivity index (χ4v) is 3.15. The number of benzene rings is 1. The lowest BCUT2D eigenvalue weighted by molar-refractivity contribution is -0.141. The van der Waals surface area contributed by atoms with E-state index in [1.54, 1.807) is 4.90 Å². The predicted octanol–water partition coefficient (Wildman–Crippen LogP) is 2.74. The molecule has 7 heteroatoms. The van der Waals surface area contributed by atoms with E-state index >= 15 is 0 Å². The summed E-state index contributed by atoms with van der Waals surface area (Å²) in [6.45, 7) is 0.663. The van der Waals surface area contributed by atoms with Gasteiger partial charge in [-0.2, -0.15) is 13.2 Å². The molecule has 1 N–H and O–H groups in total. The Morgan fingerprint density at radius 1 is 1.17 bits per heavy atom. The van der Waals surface area contributed by atoms with Crippen LogP contribution in [0.1, 0.15) is 29.9 Å². The van der Waals surface area contributed by atoms with Gasteiger partial charge in [0, 0.05) is 19.0 Å². The van der Waals surface area contributed by atoms with Crippen molar-refractivity contribution >= 4 is 11.9 Å². The minimum atomic E-state index is -4.36. The van der Waals surface area contributed by atoms with Gasteiger partial charge in [-0.1, -0.05) is 12.1 Å². The largest absolute Gasteiger partial charge is 0.481 e. The fraction of sp³-hybridized carbons (Fsp3) is 0.500. The second kappa shape index (κ2) is 5.54. The summed E-state index contributed by atoms with van der Waals surface area (Å²) in [5, 5.41) is 8.96. The van der Waals surface area contributed by atoms with Crippen molar-refractivity contribution in [3.63, 3.8) is 0 Å². The molecule has 1 saturated carbocycles. The van der Waals surface area contributed by atoms with Crippen molar-refractivity contribution in [3.05, 3.63) is 35.4 Å². The first-order chi connectivity index (χ1) is 10.8. The summed E-state index contributed by atoms with van der Waals surface area (Å²) in [7, 11) is 0. The number of aliphatic carboxylic acids is 1. The number of carboxylic acid groups (broad SMARTS) is 1. The third kappa shape index (κ3) is 3.18. The Morgan fingerprint density at radius 2 is 1.83 bits per heavy atom. The maximum absolute atomic E-state index is 12.5. The minimum absolute atomic E-state index is 0.0614. The fourth-order valence-electron chi connectivity index (χ4n) is 3.15. The van der Waals surface area contributed by atoms with E-state index in [1.165, 1.54) is 12.1 Å². The number of halogens is 3. The molecule has 1 heterocycles. The standard InChI is InChI=1S/C16H16F3NO3/c17-16(18,19)11-3-1-9(2-4-11)12-7-13(12)14(21)20-6-5-10(8-20)15(22)23/h1-4,10,12-13H,5-8H2,(H,22,23). The van der Waals surface area contributed by atoms with Gasteiger partial charge in [0.25, 0.3) is 0 Å². The molecule has 1 amide bonds. The Labute approximate surface area is 130 Å². The summed E-state index contributed by atoms with van der Waals surface area (Å²) >= 11 is 0. The number of amides is 1. The molecule has 1 aliphatic heterocycles. The molecule has 1 aromatic rings. The van der Waals surface area contributed by atoms with Crippen LogP contribution in [0.5, 0.6) is 0 Å². The highest BCUT2D eigenvalue weighted by molar-refractivity contribution is 5.84. The highest BCUT2D eigenvalue weighted by atomic mass is 19.4. The van der Waals surface area contributed by atoms with Crippen molar-refractivity contribution in [1.29, 1.82) is 0 Å². The van der Waals surface area contributed by atoms with Crippen LogP contribution in [0.15, 0.2) is 24.3 Å². The average molecular weight is 327 g/mol. The molecule has 3 rings (SSSR count). The van der Waals surface area contributed by atoms with Gasteiger partial charge in [0.05, 0.1) is 11.5 Å². The first-order valence-electron chi connectivity index (χ1n) is 7.46. The van der Waals surface area contributed by atoms with Crippen LogP contribution in [-0.4, -0.2) is 35.0 Å². The number of carboxylic acids is 1. The van der Waals surface area contributed by atoms with Crippen molar-refractivity contribution in [3.8, 4) is 0 Å². The molecule has 3 atom stereocenters. The normalized spacial score (nSPS) is 27.1. The molecule has 0 bridgehead atoms. The summed E-state index contributed by atoms with van der Waals surface area (Å²) in [6, 6.07) is 4.91. The van der Waals surface area contributed by atoms with Gasteiger partial charge in [-0.05, 0) is 36.5 Å². The number of carbonyl (C=O) groups excluding carboxylic acids is 1. The maximum Gasteiger partial charge on any atom is 0.416 e. The van der Waals surface area contributed by atoms with Gasteiger partial charge in [-0.15, -0.1) is 0 Å². The number of alkyl halides is 3. The van der Waals surface area contributed by atoms with Crippen LogP contribution in [0.3, 0.4) is 0 Å². The van der Waals surface area contributed by atoms with Crippen molar-refractivity contribution in [2.24, 2.45) is 11.8 Å². The van der Waals surface area contributed by atoms with Crippen LogP contribution in [0, 0.1) is 11.8 Å². The number of likely N-dealkylation sites (tertiary alicyclic amines) is 1. The van der Waals surface area contributed by atoms with Crippen LogP contribution >= 0.6 is 0 Å². The van der Waals surface area contributed by atoms with Gasteiger partial charge in [0.1, 0.15) is 0 Å². The van der Waals surface area contributed by atoms with E-state index < -0.39 is 23.6 Å². The molecule has 1 aliphatic carbocycles. The number of hydrogen-bond donors (Lipinski definition) is 1. The van der Waals surface area contributed by atoms with E-state index in [0.29, 0.717) is 19.4 Å². The summed E-state index contributed by atoms with van der Waals surface area (Å²) in [6.07, 6.45) is -3.30. The zero-order valence-corrected chi connectivity index (χ0v) is 12.2. The topological polar surface area (TPSA) is 57.6 Å². The van der Waals surface area contributed by atoms with Crippen LogP contribution < -0.4 is 0 Å². The van der Waals surface area contributed by atoms with Crippen molar-refractivity contribution in [1.82, 2.24) is 4.90 Å². The molecule has 124 valence electrons. The van der Waals surface area contributed by atoms with Gasteiger partial charge < -0.3 is 10.0 Å². The molecule has 2 fully saturated rings. The summed E-state index contributed by atoms with van der Waals surface area (Å²) in [4.78, 5) is 24.8. The molecule has 0 radical (unpaired) electrons. The predicted molar refractivity (Wildman–Crippen MR) is 74.6 cm³/mol. The number of rotatable bonds is 3. The third-order valence-corrected chi connectivity index (χ3v) is 4.62. The second-order valence-electron chi connectivity index (χ2n) is 6.18. The number of hydrogen-bond acceptors (Lipinski definition) is 2. The molecular weight excluding hydrogens is 311 g/mol. The Hall–Kier alpha value is -2.05. The average Bonchev–Trinajstić information content (AvgIpc) is 3.13. The van der Waals surface area contributed by atoms with E-state index in [4.69, 9.17) is 5.11 Å². The van der Waals surface area contributed by atoms with Gasteiger partial charge in [0.2, 0.25) is 5.91 Å². The highest BCUT2D eigenvalue weighted by Gasteiger charge is 2.47. The molecule has 1 aromatic carbocycles. The SMILES string of the molecule is O=C(O)C1CCN(C(=O)C2CC2c2ccc(C(F)(F)F)cc2)C1. The van der Waals surface area contributed by atoms with Crippen molar-refractivity contribution in [2.45, 2.75) is 24.9 Å². The smallest absolute Gasteiger partial charge is 0.416 e. The van der Waals surface area contributed by atoms with Crippen LogP contribution in [-0.2, 0) is 15.8 Å². The Morgan fingerprint density at radius 3 is 2.35 bits per heavy atom. The molecule has 2 aliphatic rings. The van der Waals surface area contributed by atoms with E-state index in [0.717, 1.165) is 17.7 Å². The lowest BCUT2D eigenvalue weighted by atomic mass is 10.1. The van der Waals surface area contributed by atoms with Crippen LogP contribution in [0.25, 0.3) is 0 Å². The Bertz CT molecular complexity index is 626. The van der Waals surface area contributed by atoms with Crippen LogP contribution in [0.4, 0.5) is 13.2 Å². The monoisotopic (exact) mass is 327 g/mol. The van der Waals surface area contributed by atoms with E-state index in [9.17, 15) is 22.8 Å². The summed E-state index contributed by atoms with van der Waals surface area (Å²) in [5.41, 5.74) is 0.0268. The van der Waals surface area contributed by atoms with Gasteiger partial charge in [-0.25, -0.2) is 0 Å². The quantitative estimate of drug-likeness (QED) is 0.929. The van der Waals surface area contributed by atoms with Crippen molar-refractivity contribution in [2.75, 3.05) is 13.1 Å². The van der Waals surface area contributed by atoms with Crippen LogP contribution in [0.2, 0.25) is 0 Å². The first kappa shape index (κ1) is 15.8. The lowest BCUT2D eigenvalue weighted by Crippen LogP contribution is -2.31. The molecule has 4 nitrogen and oxygen atoms in total. The lowest BCUT2D eigenvalue weighted by Gasteiger charge is -2.15. The third-order valence-electron chi connectivity index (χ3n) is 4.62. The Balaban J connectivity index is 1.61. The minimum Gasteiger partial charge on any atom is -0.481 e. The molecule has 23 heavy (non-hydrogen) atoms. The molecular formula is C16H16F3NO3. The maximum atomic E-state index is 12.5. The van der Waals surface area contributed by atoms with E-state index in [-0.39, 0.29) is 24.3 Å². The molecule has 0 spiro atoms. The Kier molecular flexibility index (Phi) is 3.82. The highest BCUT2D eigenvalue weighted by Crippen LogP contribution is 2.49. The van der Waals surface area contributed by atoms with E-state index in [2.05, 4.69) is 0 Å². The molecule has 3 unspecified atom stereocenters. The molecule has 1 saturated heterocycles. The van der Waals surface area contributed by atoms with Crippen molar-refractivity contribution < 1.29 is 27.9 Å². The summed E-state index contributed by atoms with van der Waals surface area (Å²) in [5.74, 6) is -1.79. The van der Waals surface area contributed by atoms with Gasteiger partial charge in [-0.3, -0.25) is 9.59 Å². The second-order valence-corrected chi connectivity index (χ2v) is 6.18. The van der Waals surface area contributed by atoms with Gasteiger partial charge >= 0.3 is 12.1 Å². The summed E-state index contributed by atoms with van der Waals surface area (Å²) < 4.78 is 37.6. The first-order valence-corrected chi connectivity index (χ1v) is 7.46. The zero-order chi connectivity index (χ0) is 16.8. The number of nitrogens with zero attached hydrogens (tertiary/aromatic N) is 1.